The van der Waals surface area contributed by atoms with Crippen molar-refractivity contribution in [2.24, 2.45) is 5.73 Å². The zero-order valence-corrected chi connectivity index (χ0v) is 8.68. The van der Waals surface area contributed by atoms with E-state index in [0.29, 0.717) is 13.0 Å². The average Bonchev–Trinajstić information content (AvgIpc) is 2.20. The van der Waals surface area contributed by atoms with Gasteiger partial charge in [0.25, 0.3) is 0 Å². The van der Waals surface area contributed by atoms with Gasteiger partial charge in [-0.25, -0.2) is 4.39 Å². The van der Waals surface area contributed by atoms with E-state index < -0.39 is 0 Å². The average molecular weight is 223 g/mol. The Morgan fingerprint density at radius 3 is 2.44 bits per heavy atom. The van der Waals surface area contributed by atoms with Crippen LogP contribution in [0.15, 0.2) is 24.3 Å². The Morgan fingerprint density at radius 2 is 1.88 bits per heavy atom. The van der Waals surface area contributed by atoms with Crippen molar-refractivity contribution in [3.8, 4) is 0 Å². The van der Waals surface area contributed by atoms with Crippen LogP contribution in [0.25, 0.3) is 0 Å². The molecule has 0 aliphatic rings. The summed E-state index contributed by atoms with van der Waals surface area (Å²) in [5.74, 6) is -0.559. The van der Waals surface area contributed by atoms with Crippen LogP contribution in [0.1, 0.15) is 5.56 Å². The van der Waals surface area contributed by atoms with Gasteiger partial charge in [-0.05, 0) is 24.1 Å². The molecule has 16 heavy (non-hydrogen) atoms. The summed E-state index contributed by atoms with van der Waals surface area (Å²) in [6.45, 7) is 0.519. The van der Waals surface area contributed by atoms with E-state index in [0.717, 1.165) is 5.56 Å². The van der Waals surface area contributed by atoms with Gasteiger partial charge < -0.3 is 11.1 Å². The first kappa shape index (κ1) is 12.0. The van der Waals surface area contributed by atoms with Gasteiger partial charge in [0.1, 0.15) is 5.82 Å². The Balaban J connectivity index is 2.28. The molecule has 0 heterocycles. The van der Waals surface area contributed by atoms with Crippen molar-refractivity contribution in [2.45, 2.75) is 6.42 Å². The number of nitrogens with two attached hydrogens (primary N) is 1. The third-order valence-electron chi connectivity index (χ3n) is 1.89. The second-order valence-electron chi connectivity index (χ2n) is 3.22. The molecular weight excluding hydrogens is 209 g/mol. The molecule has 0 saturated carbocycles. The lowest BCUT2D eigenvalue weighted by molar-refractivity contribution is 0.627. The second kappa shape index (κ2) is 5.69. The Kier molecular flexibility index (Phi) is 4.26. The van der Waals surface area contributed by atoms with E-state index in [1.165, 1.54) is 12.1 Å². The first-order valence-electron chi connectivity index (χ1n) is 4.76. The summed E-state index contributed by atoms with van der Waals surface area (Å²) >= 11 is 0. The van der Waals surface area contributed by atoms with Gasteiger partial charge in [-0.1, -0.05) is 12.1 Å². The minimum Gasteiger partial charge on any atom is -0.370 e. The highest BCUT2D eigenvalue weighted by atomic mass is 19.1. The molecule has 0 atom stereocenters. The van der Waals surface area contributed by atoms with Gasteiger partial charge in [0.05, 0.1) is 0 Å². The molecule has 0 amide bonds. The Hall–Kier alpha value is -2.11. The zero-order valence-electron chi connectivity index (χ0n) is 8.68. The number of hydrogen-bond acceptors (Lipinski definition) is 2. The van der Waals surface area contributed by atoms with Crippen LogP contribution in [0, 0.1) is 16.6 Å². The summed E-state index contributed by atoms with van der Waals surface area (Å²) in [4.78, 5) is 0. The van der Waals surface area contributed by atoms with Crippen LogP contribution in [0.5, 0.6) is 0 Å². The van der Waals surface area contributed by atoms with E-state index in [2.05, 4.69) is 10.6 Å². The fourth-order valence-electron chi connectivity index (χ4n) is 1.16. The Morgan fingerprint density at radius 1 is 1.25 bits per heavy atom. The summed E-state index contributed by atoms with van der Waals surface area (Å²) in [7, 11) is 0. The minimum atomic E-state index is -0.278. The Bertz CT molecular complexity index is 373. The minimum absolute atomic E-state index is 0.0189. The molecule has 6 heteroatoms. The maximum atomic E-state index is 12.6. The lowest BCUT2D eigenvalue weighted by Crippen LogP contribution is -2.43. The Labute approximate surface area is 92.9 Å². The fraction of sp³-hybridized carbons (Fsp3) is 0.200. The highest BCUT2D eigenvalue weighted by molar-refractivity contribution is 5.94. The predicted octanol–water partition coefficient (Wildman–Crippen LogP) is 0.376. The van der Waals surface area contributed by atoms with Gasteiger partial charge in [-0.15, -0.1) is 0 Å². The molecule has 0 aromatic heterocycles. The molecule has 0 saturated heterocycles. The van der Waals surface area contributed by atoms with Crippen LogP contribution in [0.4, 0.5) is 4.39 Å². The normalized spacial score (nSPS) is 9.56. The molecule has 1 aromatic carbocycles. The van der Waals surface area contributed by atoms with E-state index in [1.54, 1.807) is 12.1 Å². The quantitative estimate of drug-likeness (QED) is 0.378. The van der Waals surface area contributed by atoms with Gasteiger partial charge in [0.2, 0.25) is 0 Å². The van der Waals surface area contributed by atoms with E-state index in [9.17, 15) is 4.39 Å². The molecule has 86 valence electrons. The third kappa shape index (κ3) is 4.41. The van der Waals surface area contributed by atoms with Gasteiger partial charge in [-0.2, -0.15) is 0 Å². The lowest BCUT2D eigenvalue weighted by Gasteiger charge is -2.08. The van der Waals surface area contributed by atoms with E-state index in [4.69, 9.17) is 16.6 Å². The standard InChI is InChI=1S/C10H14FN5/c11-8-3-1-7(2-4-8)5-6-15-10(14)16-9(12)13/h1-4H,5-6H2,(H6,12,13,14,15,16). The number of nitrogens with one attached hydrogen (secondary N) is 4. The first-order chi connectivity index (χ1) is 7.58. The maximum Gasteiger partial charge on any atom is 0.195 e. The highest BCUT2D eigenvalue weighted by Crippen LogP contribution is 2.02. The van der Waals surface area contributed by atoms with Crippen LogP contribution in [-0.4, -0.2) is 18.5 Å². The van der Waals surface area contributed by atoms with Crippen molar-refractivity contribution >= 4 is 11.9 Å². The number of benzene rings is 1. The molecule has 0 spiro atoms. The largest absolute Gasteiger partial charge is 0.370 e. The highest BCUT2D eigenvalue weighted by Gasteiger charge is 1.97. The molecule has 6 N–H and O–H groups in total. The molecule has 0 aliphatic carbocycles. The summed E-state index contributed by atoms with van der Waals surface area (Å²) in [5.41, 5.74) is 6.02. The number of guanidine groups is 2. The lowest BCUT2D eigenvalue weighted by atomic mass is 10.1. The molecule has 0 radical (unpaired) electrons. The van der Waals surface area contributed by atoms with Crippen LogP contribution < -0.4 is 16.4 Å². The van der Waals surface area contributed by atoms with Crippen molar-refractivity contribution in [3.63, 3.8) is 0 Å². The van der Waals surface area contributed by atoms with Gasteiger partial charge in [-0.3, -0.25) is 16.1 Å². The van der Waals surface area contributed by atoms with Crippen molar-refractivity contribution in [2.75, 3.05) is 6.54 Å². The van der Waals surface area contributed by atoms with Gasteiger partial charge in [0, 0.05) is 6.54 Å². The number of hydrogen-bond donors (Lipinski definition) is 5. The second-order valence-corrected chi connectivity index (χ2v) is 3.22. The van der Waals surface area contributed by atoms with Crippen molar-refractivity contribution in [3.05, 3.63) is 35.6 Å². The SMILES string of the molecule is N=C(N)NC(=N)NCCc1ccc(F)cc1. The van der Waals surface area contributed by atoms with Crippen molar-refractivity contribution in [1.82, 2.24) is 10.6 Å². The molecular formula is C10H14FN5. The summed E-state index contributed by atoms with van der Waals surface area (Å²) in [6, 6.07) is 6.18. The zero-order chi connectivity index (χ0) is 12.0. The number of halogens is 1. The van der Waals surface area contributed by atoms with Crippen molar-refractivity contribution < 1.29 is 4.39 Å². The monoisotopic (exact) mass is 223 g/mol. The predicted molar refractivity (Wildman–Crippen MR) is 60.9 cm³/mol. The molecule has 1 rings (SSSR count). The summed E-state index contributed by atoms with van der Waals surface area (Å²) in [5, 5.41) is 19.3. The topological polar surface area (TPSA) is 97.8 Å². The van der Waals surface area contributed by atoms with E-state index >= 15 is 0 Å². The smallest absolute Gasteiger partial charge is 0.195 e. The van der Waals surface area contributed by atoms with E-state index in [1.807, 2.05) is 0 Å². The van der Waals surface area contributed by atoms with Crippen molar-refractivity contribution in [1.29, 1.82) is 10.8 Å². The summed E-state index contributed by atoms with van der Waals surface area (Å²) < 4.78 is 12.6. The molecule has 1 aromatic rings. The maximum absolute atomic E-state index is 12.6. The molecule has 0 fully saturated rings. The molecule has 5 nitrogen and oxygen atoms in total. The first-order valence-corrected chi connectivity index (χ1v) is 4.76. The molecule has 0 bridgehead atoms. The van der Waals surface area contributed by atoms with Gasteiger partial charge in [0.15, 0.2) is 11.9 Å². The fourth-order valence-corrected chi connectivity index (χ4v) is 1.16. The van der Waals surface area contributed by atoms with Crippen LogP contribution in [-0.2, 0) is 6.42 Å². The molecule has 0 unspecified atom stereocenters. The van der Waals surface area contributed by atoms with Crippen LogP contribution >= 0.6 is 0 Å². The molecule has 0 aliphatic heterocycles. The van der Waals surface area contributed by atoms with Crippen LogP contribution in [0.3, 0.4) is 0 Å². The number of rotatable bonds is 3. The third-order valence-corrected chi connectivity index (χ3v) is 1.89. The summed E-state index contributed by atoms with van der Waals surface area (Å²) in [6.07, 6.45) is 0.669. The van der Waals surface area contributed by atoms with Crippen LogP contribution in [0.2, 0.25) is 0 Å². The van der Waals surface area contributed by atoms with Gasteiger partial charge >= 0.3 is 0 Å². The van der Waals surface area contributed by atoms with E-state index in [-0.39, 0.29) is 17.7 Å².